The van der Waals surface area contributed by atoms with Crippen molar-refractivity contribution in [1.29, 1.82) is 0 Å². The fourth-order valence-electron chi connectivity index (χ4n) is 3.23. The molecule has 2 unspecified atom stereocenters. The summed E-state index contributed by atoms with van der Waals surface area (Å²) in [4.78, 5) is 2.23. The number of fused-ring (bicyclic) bond motifs is 1. The van der Waals surface area contributed by atoms with E-state index in [1.165, 1.54) is 0 Å². The van der Waals surface area contributed by atoms with Gasteiger partial charge in [0.05, 0.1) is 11.0 Å². The molecule has 1 aliphatic rings. The van der Waals surface area contributed by atoms with Gasteiger partial charge < -0.3 is 10.0 Å². The summed E-state index contributed by atoms with van der Waals surface area (Å²) in [6.45, 7) is 0. The zero-order chi connectivity index (χ0) is 16.6. The molecule has 2 aromatic rings. The van der Waals surface area contributed by atoms with E-state index in [9.17, 15) is 13.5 Å². The zero-order valence-electron chi connectivity index (χ0n) is 13.4. The van der Waals surface area contributed by atoms with Gasteiger partial charge in [-0.3, -0.25) is 0 Å². The topological polar surface area (TPSA) is 69.6 Å². The molecule has 0 aliphatic heterocycles. The predicted octanol–water partition coefficient (Wildman–Crippen LogP) is 2.10. The molecule has 5 nitrogen and oxygen atoms in total. The summed E-state index contributed by atoms with van der Waals surface area (Å²) in [7, 11) is 0.193. The van der Waals surface area contributed by atoms with Gasteiger partial charge >= 0.3 is 0 Å². The number of hydrogen-bond donors (Lipinski definition) is 2. The molecule has 2 atom stereocenters. The van der Waals surface area contributed by atoms with Gasteiger partial charge in [0.2, 0.25) is 10.0 Å². The van der Waals surface area contributed by atoms with Gasteiger partial charge in [0.1, 0.15) is 0 Å². The van der Waals surface area contributed by atoms with Gasteiger partial charge in [-0.1, -0.05) is 24.3 Å². The average Bonchev–Trinajstić information content (AvgIpc) is 2.90. The molecule has 0 heterocycles. The Morgan fingerprint density at radius 2 is 1.78 bits per heavy atom. The van der Waals surface area contributed by atoms with E-state index in [0.717, 1.165) is 17.5 Å². The van der Waals surface area contributed by atoms with Gasteiger partial charge in [-0.2, -0.15) is 0 Å². The molecule has 2 N–H and O–H groups in total. The van der Waals surface area contributed by atoms with E-state index in [4.69, 9.17) is 0 Å². The van der Waals surface area contributed by atoms with Crippen LogP contribution in [0.5, 0.6) is 0 Å². The highest BCUT2D eigenvalue weighted by Gasteiger charge is 2.30. The maximum absolute atomic E-state index is 12.8. The molecule has 0 spiro atoms. The second-order valence-corrected chi connectivity index (χ2v) is 7.93. The van der Waals surface area contributed by atoms with Crippen molar-refractivity contribution in [3.05, 3.63) is 36.4 Å². The van der Waals surface area contributed by atoms with Gasteiger partial charge in [0, 0.05) is 36.6 Å². The number of rotatable bonds is 4. The van der Waals surface area contributed by atoms with Gasteiger partial charge in [-0.25, -0.2) is 13.1 Å². The van der Waals surface area contributed by atoms with E-state index in [1.54, 1.807) is 12.1 Å². The highest BCUT2D eigenvalue weighted by Crippen LogP contribution is 2.31. The number of sulfonamides is 1. The van der Waals surface area contributed by atoms with Crippen molar-refractivity contribution in [2.75, 3.05) is 19.0 Å². The van der Waals surface area contributed by atoms with Crippen molar-refractivity contribution in [1.82, 2.24) is 4.72 Å². The van der Waals surface area contributed by atoms with Gasteiger partial charge in [-0.05, 0) is 31.4 Å². The lowest BCUT2D eigenvalue weighted by atomic mass is 10.1. The second-order valence-electron chi connectivity index (χ2n) is 6.25. The molecule has 0 saturated heterocycles. The first-order chi connectivity index (χ1) is 10.9. The summed E-state index contributed by atoms with van der Waals surface area (Å²) in [6, 6.07) is 10.6. The van der Waals surface area contributed by atoms with E-state index in [-0.39, 0.29) is 4.90 Å². The van der Waals surface area contributed by atoms with E-state index >= 15 is 0 Å². The molecule has 1 fully saturated rings. The Balaban J connectivity index is 2.07. The van der Waals surface area contributed by atoms with Crippen LogP contribution in [-0.4, -0.2) is 39.8 Å². The molecule has 23 heavy (non-hydrogen) atoms. The van der Waals surface area contributed by atoms with Crippen molar-refractivity contribution >= 4 is 26.5 Å². The third-order valence-corrected chi connectivity index (χ3v) is 5.96. The summed E-state index contributed by atoms with van der Waals surface area (Å²) in [5, 5.41) is 11.5. The van der Waals surface area contributed by atoms with E-state index < -0.39 is 22.2 Å². The van der Waals surface area contributed by atoms with Crippen LogP contribution in [0.2, 0.25) is 0 Å². The molecule has 0 amide bonds. The number of nitrogens with zero attached hydrogens (tertiary/aromatic N) is 1. The molecular weight excluding hydrogens is 312 g/mol. The van der Waals surface area contributed by atoms with Crippen LogP contribution in [0.15, 0.2) is 41.3 Å². The highest BCUT2D eigenvalue weighted by atomic mass is 32.2. The Hall–Kier alpha value is -1.63. The quantitative estimate of drug-likeness (QED) is 0.898. The predicted molar refractivity (Wildman–Crippen MR) is 92.2 cm³/mol. The number of nitrogens with one attached hydrogen (secondary N) is 1. The molecule has 6 heteroatoms. The van der Waals surface area contributed by atoms with Crippen LogP contribution in [0.4, 0.5) is 5.69 Å². The van der Waals surface area contributed by atoms with Gasteiger partial charge in [-0.15, -0.1) is 0 Å². The minimum absolute atomic E-state index is 0.262. The number of aliphatic hydroxyl groups excluding tert-OH is 1. The molecule has 3 rings (SSSR count). The Morgan fingerprint density at radius 1 is 1.09 bits per heavy atom. The Kier molecular flexibility index (Phi) is 4.31. The molecule has 0 bridgehead atoms. The maximum Gasteiger partial charge on any atom is 0.241 e. The van der Waals surface area contributed by atoms with Crippen LogP contribution in [0.25, 0.3) is 10.8 Å². The summed E-state index contributed by atoms with van der Waals surface area (Å²) in [5.74, 6) is 0. The average molecular weight is 334 g/mol. The normalized spacial score (nSPS) is 21.7. The van der Waals surface area contributed by atoms with E-state index in [1.807, 2.05) is 43.3 Å². The molecule has 0 radical (unpaired) electrons. The molecule has 1 aliphatic carbocycles. The van der Waals surface area contributed by atoms with Crippen LogP contribution < -0.4 is 9.62 Å². The van der Waals surface area contributed by atoms with E-state index in [0.29, 0.717) is 18.2 Å². The number of hydrogen-bond acceptors (Lipinski definition) is 4. The molecule has 124 valence electrons. The van der Waals surface area contributed by atoms with Crippen molar-refractivity contribution in [2.24, 2.45) is 0 Å². The SMILES string of the molecule is CN(C)c1cccc2c(S(=O)(=O)NC3CCCC3O)cccc12. The zero-order valence-corrected chi connectivity index (χ0v) is 14.2. The van der Waals surface area contributed by atoms with Crippen molar-refractivity contribution < 1.29 is 13.5 Å². The molecule has 2 aromatic carbocycles. The van der Waals surface area contributed by atoms with Crippen LogP contribution in [0, 0.1) is 0 Å². The summed E-state index contributed by atoms with van der Waals surface area (Å²) >= 11 is 0. The van der Waals surface area contributed by atoms with Gasteiger partial charge in [0.15, 0.2) is 0 Å². The van der Waals surface area contributed by atoms with Crippen LogP contribution in [0.1, 0.15) is 19.3 Å². The van der Waals surface area contributed by atoms with Crippen LogP contribution in [0.3, 0.4) is 0 Å². The molecular formula is C17H22N2O3S. The first-order valence-corrected chi connectivity index (χ1v) is 9.28. The van der Waals surface area contributed by atoms with Crippen molar-refractivity contribution in [3.8, 4) is 0 Å². The summed E-state index contributed by atoms with van der Waals surface area (Å²) < 4.78 is 28.3. The number of aliphatic hydroxyl groups is 1. The third-order valence-electron chi connectivity index (χ3n) is 4.42. The summed E-state index contributed by atoms with van der Waals surface area (Å²) in [6.07, 6.45) is 1.56. The Bertz CT molecular complexity index is 818. The van der Waals surface area contributed by atoms with E-state index in [2.05, 4.69) is 4.72 Å². The minimum Gasteiger partial charge on any atom is -0.391 e. The first kappa shape index (κ1) is 16.2. The maximum atomic E-state index is 12.8. The minimum atomic E-state index is -3.67. The standard InChI is InChI=1S/C17H22N2O3S/c1-19(2)15-9-3-7-13-12(15)6-4-11-17(13)23(21,22)18-14-8-5-10-16(14)20/h3-4,6-7,9,11,14,16,18,20H,5,8,10H2,1-2H3. The molecule has 1 saturated carbocycles. The lowest BCUT2D eigenvalue weighted by Crippen LogP contribution is -2.39. The van der Waals surface area contributed by atoms with Crippen LogP contribution >= 0.6 is 0 Å². The van der Waals surface area contributed by atoms with Crippen molar-refractivity contribution in [2.45, 2.75) is 36.3 Å². The lowest BCUT2D eigenvalue weighted by molar-refractivity contribution is 0.159. The summed E-state index contributed by atoms with van der Waals surface area (Å²) in [5.41, 5.74) is 0.973. The fourth-order valence-corrected chi connectivity index (χ4v) is 4.76. The smallest absolute Gasteiger partial charge is 0.241 e. The second kappa shape index (κ2) is 6.11. The monoisotopic (exact) mass is 334 g/mol. The Morgan fingerprint density at radius 3 is 2.43 bits per heavy atom. The van der Waals surface area contributed by atoms with Crippen molar-refractivity contribution in [3.63, 3.8) is 0 Å². The lowest BCUT2D eigenvalue weighted by Gasteiger charge is -2.19. The number of anilines is 1. The fraction of sp³-hybridized carbons (Fsp3) is 0.412. The van der Waals surface area contributed by atoms with Crippen LogP contribution in [-0.2, 0) is 10.0 Å². The van der Waals surface area contributed by atoms with Gasteiger partial charge in [0.25, 0.3) is 0 Å². The number of benzene rings is 2. The highest BCUT2D eigenvalue weighted by molar-refractivity contribution is 7.89. The third kappa shape index (κ3) is 3.06. The Labute approximate surface area is 137 Å². The first-order valence-electron chi connectivity index (χ1n) is 7.79. The molecule has 0 aromatic heterocycles. The largest absolute Gasteiger partial charge is 0.391 e.